The molecule has 0 aliphatic heterocycles. The largest absolute Gasteiger partial charge is 0.468 e. The van der Waals surface area contributed by atoms with Crippen LogP contribution < -0.4 is 5.32 Å². The second kappa shape index (κ2) is 8.23. The van der Waals surface area contributed by atoms with Crippen molar-refractivity contribution in [2.24, 2.45) is 0 Å². The Bertz CT molecular complexity index is 207. The number of ether oxygens (including phenoxy) is 1. The van der Waals surface area contributed by atoms with Crippen molar-refractivity contribution in [3.8, 4) is 0 Å². The van der Waals surface area contributed by atoms with Gasteiger partial charge in [-0.25, -0.2) is 0 Å². The van der Waals surface area contributed by atoms with Crippen molar-refractivity contribution < 1.29 is 14.3 Å². The summed E-state index contributed by atoms with van der Waals surface area (Å²) >= 11 is 0. The summed E-state index contributed by atoms with van der Waals surface area (Å²) in [6.07, 6.45) is 0.828. The molecule has 0 spiro atoms. The van der Waals surface area contributed by atoms with Crippen LogP contribution in [0.25, 0.3) is 0 Å². The van der Waals surface area contributed by atoms with Gasteiger partial charge < -0.3 is 15.0 Å². The van der Waals surface area contributed by atoms with Crippen molar-refractivity contribution in [2.45, 2.75) is 20.3 Å². The van der Waals surface area contributed by atoms with Crippen LogP contribution in [0, 0.1) is 0 Å². The molecule has 1 amide bonds. The van der Waals surface area contributed by atoms with Gasteiger partial charge in [0.05, 0.1) is 13.7 Å². The van der Waals surface area contributed by atoms with Gasteiger partial charge >= 0.3 is 5.97 Å². The van der Waals surface area contributed by atoms with Crippen LogP contribution in [0.3, 0.4) is 0 Å². The molecular weight excluding hydrogens is 196 g/mol. The van der Waals surface area contributed by atoms with Crippen LogP contribution in [0.5, 0.6) is 0 Å². The molecule has 1 N–H and O–H groups in total. The zero-order valence-electron chi connectivity index (χ0n) is 9.71. The molecular formula is C10H20N2O3. The molecule has 0 saturated heterocycles. The summed E-state index contributed by atoms with van der Waals surface area (Å²) in [7, 11) is 1.32. The molecule has 88 valence electrons. The number of esters is 1. The number of rotatable bonds is 7. The van der Waals surface area contributed by atoms with Gasteiger partial charge in [0, 0.05) is 6.54 Å². The topological polar surface area (TPSA) is 58.6 Å². The Morgan fingerprint density at radius 3 is 2.47 bits per heavy atom. The first-order valence-corrected chi connectivity index (χ1v) is 5.21. The summed E-state index contributed by atoms with van der Waals surface area (Å²) in [5.41, 5.74) is 0. The fraction of sp³-hybridized carbons (Fsp3) is 0.800. The Kier molecular flexibility index (Phi) is 7.62. The van der Waals surface area contributed by atoms with E-state index in [1.807, 2.05) is 13.8 Å². The molecule has 0 radical (unpaired) electrons. The highest BCUT2D eigenvalue weighted by Gasteiger charge is 2.15. The van der Waals surface area contributed by atoms with Gasteiger partial charge in [0.15, 0.2) is 0 Å². The van der Waals surface area contributed by atoms with Gasteiger partial charge in [-0.05, 0) is 13.0 Å². The molecule has 0 aromatic heterocycles. The van der Waals surface area contributed by atoms with E-state index in [4.69, 9.17) is 0 Å². The summed E-state index contributed by atoms with van der Waals surface area (Å²) in [5.74, 6) is -0.447. The predicted molar refractivity (Wildman–Crippen MR) is 57.4 cm³/mol. The molecule has 0 fully saturated rings. The second-order valence-corrected chi connectivity index (χ2v) is 3.17. The first kappa shape index (κ1) is 13.9. The number of methoxy groups -OCH3 is 1. The lowest BCUT2D eigenvalue weighted by molar-refractivity contribution is -0.146. The monoisotopic (exact) mass is 216 g/mol. The average Bonchev–Trinajstić information content (AvgIpc) is 2.24. The molecule has 0 aliphatic rings. The molecule has 0 aromatic carbocycles. The smallest absolute Gasteiger partial charge is 0.325 e. The van der Waals surface area contributed by atoms with E-state index in [9.17, 15) is 9.59 Å². The lowest BCUT2D eigenvalue weighted by Gasteiger charge is -2.20. The predicted octanol–water partition coefficient (Wildman–Crippen LogP) is 0.00750. The first-order valence-electron chi connectivity index (χ1n) is 5.21. The number of hydrogen-bond donors (Lipinski definition) is 1. The Balaban J connectivity index is 4.11. The van der Waals surface area contributed by atoms with E-state index in [2.05, 4.69) is 10.1 Å². The Hall–Kier alpha value is -1.10. The van der Waals surface area contributed by atoms with E-state index in [1.165, 1.54) is 12.0 Å². The summed E-state index contributed by atoms with van der Waals surface area (Å²) in [6, 6.07) is 0. The molecule has 5 nitrogen and oxygen atoms in total. The van der Waals surface area contributed by atoms with Crippen molar-refractivity contribution in [2.75, 3.05) is 33.3 Å². The van der Waals surface area contributed by atoms with Crippen LogP contribution >= 0.6 is 0 Å². The number of carbonyl (C=O) groups excluding carboxylic acids is 2. The number of amides is 1. The minimum Gasteiger partial charge on any atom is -0.468 e. The molecule has 5 heteroatoms. The average molecular weight is 216 g/mol. The fourth-order valence-electron chi connectivity index (χ4n) is 1.13. The van der Waals surface area contributed by atoms with Crippen molar-refractivity contribution in [3.05, 3.63) is 0 Å². The maximum atomic E-state index is 11.6. The van der Waals surface area contributed by atoms with Crippen molar-refractivity contribution in [1.82, 2.24) is 10.2 Å². The number of likely N-dealkylation sites (N-methyl/N-ethyl adjacent to an activating group) is 1. The van der Waals surface area contributed by atoms with Gasteiger partial charge in [-0.3, -0.25) is 9.59 Å². The SMILES string of the molecule is CCCN(CC(=O)OC)C(=O)CNCC. The van der Waals surface area contributed by atoms with E-state index in [0.29, 0.717) is 6.54 Å². The Morgan fingerprint density at radius 2 is 2.00 bits per heavy atom. The number of nitrogens with one attached hydrogen (secondary N) is 1. The Morgan fingerprint density at radius 1 is 1.33 bits per heavy atom. The summed E-state index contributed by atoms with van der Waals surface area (Å²) in [4.78, 5) is 24.1. The highest BCUT2D eigenvalue weighted by molar-refractivity contribution is 5.83. The van der Waals surface area contributed by atoms with Crippen LogP contribution in [-0.4, -0.2) is 50.1 Å². The Labute approximate surface area is 90.8 Å². The van der Waals surface area contributed by atoms with E-state index in [1.54, 1.807) is 0 Å². The van der Waals surface area contributed by atoms with Crippen LogP contribution in [-0.2, 0) is 14.3 Å². The molecule has 0 unspecified atom stereocenters. The molecule has 0 bridgehead atoms. The molecule has 0 atom stereocenters. The fourth-order valence-corrected chi connectivity index (χ4v) is 1.13. The van der Waals surface area contributed by atoms with Gasteiger partial charge in [-0.1, -0.05) is 13.8 Å². The van der Waals surface area contributed by atoms with Crippen LogP contribution in [0.1, 0.15) is 20.3 Å². The third kappa shape index (κ3) is 6.06. The highest BCUT2D eigenvalue weighted by Crippen LogP contribution is 1.93. The van der Waals surface area contributed by atoms with Crippen LogP contribution in [0.15, 0.2) is 0 Å². The third-order valence-corrected chi connectivity index (χ3v) is 1.92. The zero-order chi connectivity index (χ0) is 11.7. The van der Waals surface area contributed by atoms with Gasteiger partial charge in [0.2, 0.25) is 5.91 Å². The van der Waals surface area contributed by atoms with Crippen LogP contribution in [0.4, 0.5) is 0 Å². The lowest BCUT2D eigenvalue weighted by atomic mass is 10.3. The van der Waals surface area contributed by atoms with E-state index >= 15 is 0 Å². The number of nitrogens with zero attached hydrogens (tertiary/aromatic N) is 1. The minimum atomic E-state index is -0.381. The summed E-state index contributed by atoms with van der Waals surface area (Å²) in [6.45, 7) is 5.52. The molecule has 0 rings (SSSR count). The third-order valence-electron chi connectivity index (χ3n) is 1.92. The molecule has 0 heterocycles. The summed E-state index contributed by atoms with van der Waals surface area (Å²) in [5, 5.41) is 2.93. The lowest BCUT2D eigenvalue weighted by Crippen LogP contribution is -2.41. The maximum absolute atomic E-state index is 11.6. The van der Waals surface area contributed by atoms with Gasteiger partial charge in [-0.15, -0.1) is 0 Å². The van der Waals surface area contributed by atoms with Crippen LogP contribution in [0.2, 0.25) is 0 Å². The molecule has 0 saturated carbocycles. The van der Waals surface area contributed by atoms with E-state index < -0.39 is 0 Å². The van der Waals surface area contributed by atoms with Gasteiger partial charge in [-0.2, -0.15) is 0 Å². The van der Waals surface area contributed by atoms with E-state index in [-0.39, 0.29) is 25.0 Å². The van der Waals surface area contributed by atoms with Crippen molar-refractivity contribution in [3.63, 3.8) is 0 Å². The maximum Gasteiger partial charge on any atom is 0.325 e. The second-order valence-electron chi connectivity index (χ2n) is 3.17. The number of hydrogen-bond acceptors (Lipinski definition) is 4. The van der Waals surface area contributed by atoms with E-state index in [0.717, 1.165) is 13.0 Å². The zero-order valence-corrected chi connectivity index (χ0v) is 9.71. The minimum absolute atomic E-state index is 0.0363. The molecule has 0 aromatic rings. The van der Waals surface area contributed by atoms with Gasteiger partial charge in [0.1, 0.15) is 6.54 Å². The first-order chi connectivity index (χ1) is 7.15. The van der Waals surface area contributed by atoms with Crippen molar-refractivity contribution in [1.29, 1.82) is 0 Å². The summed E-state index contributed by atoms with van der Waals surface area (Å²) < 4.78 is 4.53. The molecule has 0 aliphatic carbocycles. The molecule has 15 heavy (non-hydrogen) atoms. The highest BCUT2D eigenvalue weighted by atomic mass is 16.5. The quantitative estimate of drug-likeness (QED) is 0.609. The van der Waals surface area contributed by atoms with Crippen molar-refractivity contribution >= 4 is 11.9 Å². The standard InChI is InChI=1S/C10H20N2O3/c1-4-6-12(8-10(14)15-3)9(13)7-11-5-2/h11H,4-8H2,1-3H3. The number of carbonyl (C=O) groups is 2. The normalized spacial score (nSPS) is 9.80. The van der Waals surface area contributed by atoms with Gasteiger partial charge in [0.25, 0.3) is 0 Å².